The lowest BCUT2D eigenvalue weighted by Gasteiger charge is -2.33. The summed E-state index contributed by atoms with van der Waals surface area (Å²) in [5.41, 5.74) is 0.0429. The highest BCUT2D eigenvalue weighted by molar-refractivity contribution is 5.84. The van der Waals surface area contributed by atoms with Gasteiger partial charge in [-0.3, -0.25) is 4.79 Å². The predicted molar refractivity (Wildman–Crippen MR) is 90.3 cm³/mol. The zero-order valence-corrected chi connectivity index (χ0v) is 15.0. The van der Waals surface area contributed by atoms with Gasteiger partial charge in [0.05, 0.1) is 0 Å². The van der Waals surface area contributed by atoms with Gasteiger partial charge >= 0.3 is 0 Å². The molecule has 2 fully saturated rings. The van der Waals surface area contributed by atoms with Crippen LogP contribution in [0.1, 0.15) is 92.4 Å². The van der Waals surface area contributed by atoms with Gasteiger partial charge < -0.3 is 0 Å². The fourth-order valence-corrected chi connectivity index (χ4v) is 4.44. The Kier molecular flexibility index (Phi) is 5.21. The summed E-state index contributed by atoms with van der Waals surface area (Å²) >= 11 is 0. The van der Waals surface area contributed by atoms with Gasteiger partial charge in [-0.15, -0.1) is 0 Å². The van der Waals surface area contributed by atoms with Crippen LogP contribution in [0.4, 0.5) is 0 Å². The summed E-state index contributed by atoms with van der Waals surface area (Å²) in [6.45, 7) is 10.9. The molecule has 2 rings (SSSR count). The van der Waals surface area contributed by atoms with E-state index in [2.05, 4.69) is 34.6 Å². The monoisotopic (exact) mass is 292 g/mol. The molecular weight excluding hydrogens is 256 g/mol. The van der Waals surface area contributed by atoms with Crippen LogP contribution in [0.5, 0.6) is 0 Å². The molecular formula is C20H36O. The number of carbonyl (C=O) groups excluding carboxylic acids is 1. The lowest BCUT2D eigenvalue weighted by molar-refractivity contribution is -0.129. The zero-order valence-electron chi connectivity index (χ0n) is 15.0. The van der Waals surface area contributed by atoms with E-state index in [0.717, 1.165) is 30.6 Å². The van der Waals surface area contributed by atoms with Crippen molar-refractivity contribution < 1.29 is 4.79 Å². The molecule has 0 spiro atoms. The van der Waals surface area contributed by atoms with Crippen LogP contribution in [-0.2, 0) is 4.79 Å². The van der Waals surface area contributed by atoms with Gasteiger partial charge in [-0.2, -0.15) is 0 Å². The van der Waals surface area contributed by atoms with E-state index in [1.165, 1.54) is 44.9 Å². The Morgan fingerprint density at radius 1 is 1.00 bits per heavy atom. The fraction of sp³-hybridized carbons (Fsp3) is 0.950. The van der Waals surface area contributed by atoms with Gasteiger partial charge in [0.25, 0.3) is 0 Å². The van der Waals surface area contributed by atoms with Crippen molar-refractivity contribution in [1.29, 1.82) is 0 Å². The summed E-state index contributed by atoms with van der Waals surface area (Å²) in [6, 6.07) is 0. The first kappa shape index (κ1) is 17.0. The largest absolute Gasteiger partial charge is 0.299 e. The van der Waals surface area contributed by atoms with Gasteiger partial charge in [-0.05, 0) is 61.7 Å². The number of hydrogen-bond acceptors (Lipinski definition) is 1. The number of ketones is 1. The topological polar surface area (TPSA) is 17.1 Å². The van der Waals surface area contributed by atoms with E-state index in [9.17, 15) is 4.79 Å². The Hall–Kier alpha value is -0.330. The maximum atomic E-state index is 12.5. The summed E-state index contributed by atoms with van der Waals surface area (Å²) < 4.78 is 0. The van der Waals surface area contributed by atoms with Crippen LogP contribution in [-0.4, -0.2) is 5.78 Å². The Morgan fingerprint density at radius 2 is 1.57 bits per heavy atom. The number of fused-ring (bicyclic) bond motifs is 2. The molecule has 0 amide bonds. The van der Waals surface area contributed by atoms with E-state index in [4.69, 9.17) is 0 Å². The van der Waals surface area contributed by atoms with Gasteiger partial charge in [0.2, 0.25) is 0 Å². The van der Waals surface area contributed by atoms with E-state index in [1.807, 2.05) is 0 Å². The maximum Gasteiger partial charge on any atom is 0.139 e. The lowest BCUT2D eigenvalue weighted by atomic mass is 9.72. The third-order valence-corrected chi connectivity index (χ3v) is 6.49. The fourth-order valence-electron chi connectivity index (χ4n) is 4.44. The lowest BCUT2D eigenvalue weighted by Crippen LogP contribution is -2.29. The summed E-state index contributed by atoms with van der Waals surface area (Å²) in [5.74, 6) is 3.48. The minimum atomic E-state index is -0.138. The zero-order chi connectivity index (χ0) is 15.7. The van der Waals surface area contributed by atoms with E-state index in [0.29, 0.717) is 5.78 Å². The first-order valence-corrected chi connectivity index (χ1v) is 9.25. The summed E-state index contributed by atoms with van der Waals surface area (Å²) in [7, 11) is 0. The molecule has 0 radical (unpaired) electrons. The average Bonchev–Trinajstić information content (AvgIpc) is 2.75. The predicted octanol–water partition coefficient (Wildman–Crippen LogP) is 6.01. The van der Waals surface area contributed by atoms with E-state index < -0.39 is 0 Å². The Balaban J connectivity index is 1.80. The van der Waals surface area contributed by atoms with Crippen molar-refractivity contribution in [2.45, 2.75) is 92.4 Å². The molecule has 2 unspecified atom stereocenters. The molecule has 21 heavy (non-hydrogen) atoms. The highest BCUT2D eigenvalue weighted by Crippen LogP contribution is 2.47. The van der Waals surface area contributed by atoms with E-state index in [-0.39, 0.29) is 10.8 Å². The summed E-state index contributed by atoms with van der Waals surface area (Å²) in [6.07, 6.45) is 11.7. The third-order valence-electron chi connectivity index (χ3n) is 6.49. The number of Topliss-reactive ketones (excluding diaryl/α,β-unsaturated/α-hetero) is 1. The molecule has 2 bridgehead atoms. The summed E-state index contributed by atoms with van der Waals surface area (Å²) in [5, 5.41) is 0. The molecule has 1 nitrogen and oxygen atoms in total. The molecule has 0 N–H and O–H groups in total. The molecule has 2 atom stereocenters. The van der Waals surface area contributed by atoms with Gasteiger partial charge in [-0.25, -0.2) is 0 Å². The molecule has 0 saturated heterocycles. The standard InChI is InChI=1S/C20H36O/c1-6-20(4,5)18(21)14-19(2,3)10-9-17-12-15-7-8-16(11-15)13-17/h15-17H,6-14H2,1-5H3. The molecule has 0 aliphatic heterocycles. The highest BCUT2D eigenvalue weighted by Gasteiger charge is 2.35. The Morgan fingerprint density at radius 3 is 2.10 bits per heavy atom. The molecule has 0 aromatic carbocycles. The molecule has 2 aliphatic carbocycles. The minimum Gasteiger partial charge on any atom is -0.299 e. The first-order valence-electron chi connectivity index (χ1n) is 9.25. The van der Waals surface area contributed by atoms with Gasteiger partial charge in [0.15, 0.2) is 0 Å². The number of rotatable bonds is 7. The smallest absolute Gasteiger partial charge is 0.139 e. The van der Waals surface area contributed by atoms with Crippen LogP contribution in [0.25, 0.3) is 0 Å². The molecule has 0 aromatic heterocycles. The number of carbonyl (C=O) groups is 1. The van der Waals surface area contributed by atoms with E-state index in [1.54, 1.807) is 0 Å². The van der Waals surface area contributed by atoms with Crippen molar-refractivity contribution in [3.63, 3.8) is 0 Å². The quantitative estimate of drug-likeness (QED) is 0.561. The molecule has 0 aromatic rings. The Bertz CT molecular complexity index is 354. The number of hydrogen-bond donors (Lipinski definition) is 0. The van der Waals surface area contributed by atoms with Crippen molar-refractivity contribution in [1.82, 2.24) is 0 Å². The van der Waals surface area contributed by atoms with Crippen LogP contribution in [0, 0.1) is 28.6 Å². The van der Waals surface area contributed by atoms with Crippen molar-refractivity contribution in [2.75, 3.05) is 0 Å². The van der Waals surface area contributed by atoms with Gasteiger partial charge in [0, 0.05) is 11.8 Å². The van der Waals surface area contributed by atoms with Crippen LogP contribution in [0.2, 0.25) is 0 Å². The first-order chi connectivity index (χ1) is 9.72. The van der Waals surface area contributed by atoms with Crippen molar-refractivity contribution in [3.05, 3.63) is 0 Å². The van der Waals surface area contributed by atoms with Gasteiger partial charge in [0.1, 0.15) is 5.78 Å². The Labute approximate surface area is 132 Å². The minimum absolute atomic E-state index is 0.138. The van der Waals surface area contributed by atoms with Crippen LogP contribution < -0.4 is 0 Å². The second-order valence-corrected chi connectivity index (χ2v) is 9.42. The molecule has 2 aliphatic rings. The normalized spacial score (nSPS) is 29.7. The van der Waals surface area contributed by atoms with Gasteiger partial charge in [-0.1, -0.05) is 47.5 Å². The molecule has 0 heterocycles. The summed E-state index contributed by atoms with van der Waals surface area (Å²) in [4.78, 5) is 12.5. The maximum absolute atomic E-state index is 12.5. The third kappa shape index (κ3) is 4.57. The molecule has 2 saturated carbocycles. The SMILES string of the molecule is CCC(C)(C)C(=O)CC(C)(C)CCC1CC2CCC(C2)C1. The average molecular weight is 293 g/mol. The van der Waals surface area contributed by atoms with Crippen LogP contribution >= 0.6 is 0 Å². The second kappa shape index (κ2) is 6.42. The molecule has 122 valence electrons. The van der Waals surface area contributed by atoms with E-state index >= 15 is 0 Å². The van der Waals surface area contributed by atoms with Crippen LogP contribution in [0.15, 0.2) is 0 Å². The molecule has 1 heteroatoms. The van der Waals surface area contributed by atoms with Crippen molar-refractivity contribution in [2.24, 2.45) is 28.6 Å². The second-order valence-electron chi connectivity index (χ2n) is 9.42. The highest BCUT2D eigenvalue weighted by atomic mass is 16.1. The van der Waals surface area contributed by atoms with Crippen molar-refractivity contribution >= 4 is 5.78 Å². The van der Waals surface area contributed by atoms with Crippen molar-refractivity contribution in [3.8, 4) is 0 Å². The van der Waals surface area contributed by atoms with Crippen LogP contribution in [0.3, 0.4) is 0 Å².